The third kappa shape index (κ3) is 4.16. The van der Waals surface area contributed by atoms with Crippen LogP contribution in [-0.4, -0.2) is 31.7 Å². The minimum Gasteiger partial charge on any atom is -0.326 e. The third-order valence-electron chi connectivity index (χ3n) is 4.62. The maximum atomic E-state index is 12.7. The Hall–Kier alpha value is -1.70. The number of carbonyl (C=O) groups excluding carboxylic acids is 1. The van der Waals surface area contributed by atoms with Crippen molar-refractivity contribution in [2.24, 2.45) is 5.92 Å². The average Bonchev–Trinajstić information content (AvgIpc) is 3.01. The van der Waals surface area contributed by atoms with Crippen molar-refractivity contribution in [3.8, 4) is 0 Å². The number of piperidine rings is 1. The number of nitrogens with one attached hydrogen (secondary N) is 1. The summed E-state index contributed by atoms with van der Waals surface area (Å²) < 4.78 is 27.2. The van der Waals surface area contributed by atoms with Crippen LogP contribution >= 0.6 is 11.3 Å². The molecule has 2 heterocycles. The van der Waals surface area contributed by atoms with E-state index in [1.54, 1.807) is 6.07 Å². The molecule has 1 amide bonds. The molecule has 1 N–H and O–H groups in total. The predicted molar refractivity (Wildman–Crippen MR) is 105 cm³/mol. The minimum absolute atomic E-state index is 0.0287. The van der Waals surface area contributed by atoms with Crippen molar-refractivity contribution in [1.82, 2.24) is 4.31 Å². The van der Waals surface area contributed by atoms with E-state index in [-0.39, 0.29) is 11.8 Å². The summed E-state index contributed by atoms with van der Waals surface area (Å²) in [6.45, 7) is 6.65. The number of amides is 1. The topological polar surface area (TPSA) is 66.5 Å². The molecule has 5 nitrogen and oxygen atoms in total. The Morgan fingerprint density at radius 1 is 1.08 bits per heavy atom. The largest absolute Gasteiger partial charge is 0.326 e. The minimum atomic E-state index is -3.44. The fraction of sp³-hybridized carbons (Fsp3) is 0.421. The smallest absolute Gasteiger partial charge is 0.252 e. The van der Waals surface area contributed by atoms with E-state index in [0.29, 0.717) is 30.1 Å². The third-order valence-corrected chi connectivity index (χ3v) is 7.99. The molecular formula is C19H24N2O3S2. The second kappa shape index (κ2) is 7.50. The molecule has 0 spiro atoms. The molecule has 3 rings (SSSR count). The first kappa shape index (κ1) is 19.1. The number of nitrogens with zero attached hydrogens (tertiary/aromatic N) is 1. The molecule has 0 bridgehead atoms. The van der Waals surface area contributed by atoms with Crippen LogP contribution in [0.4, 0.5) is 5.69 Å². The molecule has 140 valence electrons. The lowest BCUT2D eigenvalue weighted by Gasteiger charge is -2.30. The highest BCUT2D eigenvalue weighted by atomic mass is 32.2. The lowest BCUT2D eigenvalue weighted by Crippen LogP contribution is -2.41. The Kier molecular flexibility index (Phi) is 5.50. The van der Waals surface area contributed by atoms with Gasteiger partial charge in [0.05, 0.1) is 0 Å². The first-order valence-electron chi connectivity index (χ1n) is 8.71. The van der Waals surface area contributed by atoms with E-state index in [2.05, 4.69) is 11.4 Å². The van der Waals surface area contributed by atoms with Crippen molar-refractivity contribution in [3.63, 3.8) is 0 Å². The van der Waals surface area contributed by atoms with Gasteiger partial charge < -0.3 is 5.32 Å². The van der Waals surface area contributed by atoms with Gasteiger partial charge in [-0.05, 0) is 69.0 Å². The Bertz CT molecular complexity index is 890. The van der Waals surface area contributed by atoms with Gasteiger partial charge in [-0.25, -0.2) is 8.42 Å². The van der Waals surface area contributed by atoms with E-state index in [1.807, 2.05) is 39.0 Å². The number of carbonyl (C=O) groups is 1. The Labute approximate surface area is 159 Å². The summed E-state index contributed by atoms with van der Waals surface area (Å²) in [6, 6.07) is 9.44. The number of thiophene rings is 1. The van der Waals surface area contributed by atoms with Crippen LogP contribution < -0.4 is 5.32 Å². The lowest BCUT2D eigenvalue weighted by atomic mass is 9.97. The number of hydrogen-bond donors (Lipinski definition) is 1. The van der Waals surface area contributed by atoms with Crippen molar-refractivity contribution in [2.75, 3.05) is 18.4 Å². The fourth-order valence-electron chi connectivity index (χ4n) is 3.33. The molecule has 0 unspecified atom stereocenters. The van der Waals surface area contributed by atoms with Gasteiger partial charge in [0.25, 0.3) is 10.0 Å². The summed E-state index contributed by atoms with van der Waals surface area (Å²) in [5, 5.41) is 2.98. The lowest BCUT2D eigenvalue weighted by molar-refractivity contribution is -0.120. The molecule has 1 aliphatic heterocycles. The Morgan fingerprint density at radius 2 is 1.69 bits per heavy atom. The van der Waals surface area contributed by atoms with Gasteiger partial charge in [0.1, 0.15) is 4.21 Å². The van der Waals surface area contributed by atoms with E-state index in [0.717, 1.165) is 21.7 Å². The Balaban J connectivity index is 1.62. The monoisotopic (exact) mass is 392 g/mol. The number of anilines is 1. The number of hydrogen-bond acceptors (Lipinski definition) is 4. The molecule has 1 aromatic heterocycles. The normalized spacial score (nSPS) is 16.6. The highest BCUT2D eigenvalue weighted by Crippen LogP contribution is 2.28. The summed E-state index contributed by atoms with van der Waals surface area (Å²) in [4.78, 5) is 13.5. The molecule has 0 radical (unpaired) electrons. The molecule has 0 saturated carbocycles. The molecule has 0 atom stereocenters. The highest BCUT2D eigenvalue weighted by Gasteiger charge is 2.32. The maximum Gasteiger partial charge on any atom is 0.252 e. The second-order valence-corrected chi connectivity index (χ2v) is 10.4. The van der Waals surface area contributed by atoms with Crippen molar-refractivity contribution in [1.29, 1.82) is 0 Å². The molecule has 0 aliphatic carbocycles. The van der Waals surface area contributed by atoms with Gasteiger partial charge in [-0.2, -0.15) is 4.31 Å². The molecule has 1 fully saturated rings. The van der Waals surface area contributed by atoms with Gasteiger partial charge in [-0.15, -0.1) is 11.3 Å². The molecule has 1 saturated heterocycles. The maximum absolute atomic E-state index is 12.7. The quantitative estimate of drug-likeness (QED) is 0.862. The summed E-state index contributed by atoms with van der Waals surface area (Å²) in [5.74, 6) is -0.189. The molecule has 2 aromatic rings. The van der Waals surface area contributed by atoms with Crippen LogP contribution in [0.1, 0.15) is 28.8 Å². The zero-order valence-electron chi connectivity index (χ0n) is 15.3. The molecule has 1 aliphatic rings. The SMILES string of the molecule is Cc1cc(C)cc(NC(=O)C2CCN(S(=O)(=O)c3ccc(C)s3)CC2)c1. The van der Waals surface area contributed by atoms with Crippen molar-refractivity contribution in [3.05, 3.63) is 46.3 Å². The van der Waals surface area contributed by atoms with Crippen LogP contribution in [-0.2, 0) is 14.8 Å². The van der Waals surface area contributed by atoms with E-state index in [4.69, 9.17) is 0 Å². The zero-order valence-corrected chi connectivity index (χ0v) is 16.9. The van der Waals surface area contributed by atoms with Crippen LogP contribution in [0.3, 0.4) is 0 Å². The van der Waals surface area contributed by atoms with Crippen LogP contribution in [0, 0.1) is 26.7 Å². The first-order valence-corrected chi connectivity index (χ1v) is 11.0. The van der Waals surface area contributed by atoms with Gasteiger partial charge in [0.2, 0.25) is 5.91 Å². The summed E-state index contributed by atoms with van der Waals surface area (Å²) in [5.41, 5.74) is 3.01. The number of rotatable bonds is 4. The van der Waals surface area contributed by atoms with Crippen molar-refractivity contribution < 1.29 is 13.2 Å². The summed E-state index contributed by atoms with van der Waals surface area (Å²) in [7, 11) is -3.44. The molecule has 26 heavy (non-hydrogen) atoms. The standard InChI is InChI=1S/C19H24N2O3S2/c1-13-10-14(2)12-17(11-13)20-19(22)16-6-8-21(9-7-16)26(23,24)18-5-4-15(3)25-18/h4-5,10-12,16H,6-9H2,1-3H3,(H,20,22). The van der Waals surface area contributed by atoms with Gasteiger partial charge >= 0.3 is 0 Å². The van der Waals surface area contributed by atoms with Gasteiger partial charge in [-0.1, -0.05) is 6.07 Å². The number of benzene rings is 1. The van der Waals surface area contributed by atoms with E-state index >= 15 is 0 Å². The number of sulfonamides is 1. The predicted octanol–water partition coefficient (Wildman–Crippen LogP) is 3.71. The zero-order chi connectivity index (χ0) is 18.9. The van der Waals surface area contributed by atoms with E-state index in [9.17, 15) is 13.2 Å². The van der Waals surface area contributed by atoms with Gasteiger partial charge in [0.15, 0.2) is 0 Å². The van der Waals surface area contributed by atoms with Crippen LogP contribution in [0.5, 0.6) is 0 Å². The average molecular weight is 393 g/mol. The second-order valence-electron chi connectivity index (χ2n) is 6.91. The van der Waals surface area contributed by atoms with Crippen LogP contribution in [0.2, 0.25) is 0 Å². The molecule has 1 aromatic carbocycles. The van der Waals surface area contributed by atoms with Crippen molar-refractivity contribution >= 4 is 33.0 Å². The van der Waals surface area contributed by atoms with Crippen LogP contribution in [0.25, 0.3) is 0 Å². The highest BCUT2D eigenvalue weighted by molar-refractivity contribution is 7.91. The van der Waals surface area contributed by atoms with Crippen molar-refractivity contribution in [2.45, 2.75) is 37.8 Å². The first-order chi connectivity index (χ1) is 12.3. The fourth-order valence-corrected chi connectivity index (χ4v) is 6.23. The Morgan fingerprint density at radius 3 is 2.23 bits per heavy atom. The summed E-state index contributed by atoms with van der Waals surface area (Å²) in [6.07, 6.45) is 1.08. The summed E-state index contributed by atoms with van der Waals surface area (Å²) >= 11 is 1.29. The van der Waals surface area contributed by atoms with E-state index in [1.165, 1.54) is 15.6 Å². The molecule has 7 heteroatoms. The van der Waals surface area contributed by atoms with Gasteiger partial charge in [-0.3, -0.25) is 4.79 Å². The molecular weight excluding hydrogens is 368 g/mol. The van der Waals surface area contributed by atoms with Crippen LogP contribution in [0.15, 0.2) is 34.5 Å². The van der Waals surface area contributed by atoms with E-state index < -0.39 is 10.0 Å². The number of aryl methyl sites for hydroxylation is 3. The van der Waals surface area contributed by atoms with Gasteiger partial charge in [0, 0.05) is 29.6 Å².